The van der Waals surface area contributed by atoms with Gasteiger partial charge in [-0.3, -0.25) is 0 Å². The van der Waals surface area contributed by atoms with Gasteiger partial charge in [-0.1, -0.05) is 6.07 Å². The van der Waals surface area contributed by atoms with Crippen LogP contribution in [0.3, 0.4) is 0 Å². The van der Waals surface area contributed by atoms with E-state index < -0.39 is 5.97 Å². The number of carbonyl (C=O) groups is 1. The highest BCUT2D eigenvalue weighted by atomic mass is 127. The van der Waals surface area contributed by atoms with Gasteiger partial charge in [-0.2, -0.15) is 0 Å². The number of nitrogens with two attached hydrogens (primary N) is 1. The Labute approximate surface area is 132 Å². The molecule has 2 aromatic rings. The third kappa shape index (κ3) is 3.19. The van der Waals surface area contributed by atoms with E-state index in [0.29, 0.717) is 5.69 Å². The largest absolute Gasteiger partial charge is 0.478 e. The Morgan fingerprint density at radius 3 is 2.68 bits per heavy atom. The molecule has 0 aliphatic heterocycles. The Balaban J connectivity index is 2.35. The van der Waals surface area contributed by atoms with Gasteiger partial charge in [0.15, 0.2) is 0 Å². The molecule has 0 aromatic heterocycles. The third-order valence-corrected chi connectivity index (χ3v) is 4.87. The van der Waals surface area contributed by atoms with Crippen LogP contribution in [0.5, 0.6) is 0 Å². The van der Waals surface area contributed by atoms with Crippen LogP contribution in [0, 0.1) is 3.57 Å². The molecule has 0 aliphatic rings. The highest BCUT2D eigenvalue weighted by molar-refractivity contribution is 14.1. The monoisotopic (exact) mass is 432 g/mol. The van der Waals surface area contributed by atoms with E-state index in [1.165, 1.54) is 6.07 Å². The quantitative estimate of drug-likeness (QED) is 0.504. The fraction of sp³-hybridized carbons (Fsp3) is 0. The van der Waals surface area contributed by atoms with Gasteiger partial charge in [0.2, 0.25) is 0 Å². The topological polar surface area (TPSA) is 75.3 Å². The van der Waals surface area contributed by atoms with E-state index in [1.807, 2.05) is 18.2 Å². The second kappa shape index (κ2) is 5.79. The zero-order valence-electron chi connectivity index (χ0n) is 9.65. The molecular weight excluding hydrogens is 423 g/mol. The van der Waals surface area contributed by atoms with Gasteiger partial charge in [0.1, 0.15) is 0 Å². The number of carboxylic acids is 1. The predicted octanol–water partition coefficient (Wildman–Crippen LogP) is 4.08. The number of aromatic carboxylic acids is 1. The van der Waals surface area contributed by atoms with Crippen LogP contribution < -0.4 is 11.1 Å². The van der Waals surface area contributed by atoms with Crippen molar-refractivity contribution in [2.75, 3.05) is 11.1 Å². The number of nitrogen functional groups attached to an aromatic ring is 1. The molecule has 2 aromatic carbocycles. The van der Waals surface area contributed by atoms with Crippen LogP contribution in [0.15, 0.2) is 40.9 Å². The van der Waals surface area contributed by atoms with Crippen molar-refractivity contribution < 1.29 is 9.90 Å². The molecule has 19 heavy (non-hydrogen) atoms. The summed E-state index contributed by atoms with van der Waals surface area (Å²) in [6.45, 7) is 0. The zero-order valence-corrected chi connectivity index (χ0v) is 13.4. The summed E-state index contributed by atoms with van der Waals surface area (Å²) in [4.78, 5) is 11.0. The summed E-state index contributed by atoms with van der Waals surface area (Å²) < 4.78 is 2.06. The van der Waals surface area contributed by atoms with Gasteiger partial charge in [0, 0.05) is 13.7 Å². The summed E-state index contributed by atoms with van der Waals surface area (Å²) in [6, 6.07) is 10.6. The van der Waals surface area contributed by atoms with E-state index in [4.69, 9.17) is 10.8 Å². The van der Waals surface area contributed by atoms with Gasteiger partial charge in [0.25, 0.3) is 0 Å². The maximum absolute atomic E-state index is 11.0. The zero-order chi connectivity index (χ0) is 14.0. The van der Waals surface area contributed by atoms with Crippen LogP contribution >= 0.6 is 38.5 Å². The van der Waals surface area contributed by atoms with Crippen molar-refractivity contribution in [3.05, 3.63) is 50.0 Å². The fourth-order valence-corrected chi connectivity index (χ4v) is 2.30. The first-order chi connectivity index (χ1) is 8.99. The average Bonchev–Trinajstić information content (AvgIpc) is 2.36. The highest BCUT2D eigenvalue weighted by Crippen LogP contribution is 2.29. The van der Waals surface area contributed by atoms with Crippen LogP contribution in [-0.2, 0) is 0 Å². The SMILES string of the molecule is Nc1c(Nc2ccc(I)c(Br)c2)cccc1C(=O)O. The Bertz CT molecular complexity index is 647. The summed E-state index contributed by atoms with van der Waals surface area (Å²) in [5.41, 5.74) is 7.57. The van der Waals surface area contributed by atoms with Gasteiger partial charge in [-0.15, -0.1) is 0 Å². The minimum atomic E-state index is -1.04. The molecule has 0 aliphatic carbocycles. The van der Waals surface area contributed by atoms with Crippen molar-refractivity contribution in [1.82, 2.24) is 0 Å². The first kappa shape index (κ1) is 14.1. The predicted molar refractivity (Wildman–Crippen MR) is 88.0 cm³/mol. The number of rotatable bonds is 3. The normalized spacial score (nSPS) is 10.2. The number of para-hydroxylation sites is 1. The van der Waals surface area contributed by atoms with E-state index in [-0.39, 0.29) is 11.3 Å². The number of anilines is 3. The molecule has 0 heterocycles. The molecule has 0 bridgehead atoms. The fourth-order valence-electron chi connectivity index (χ4n) is 1.59. The first-order valence-corrected chi connectivity index (χ1v) is 7.20. The number of halogens is 2. The molecule has 0 saturated carbocycles. The molecule has 0 spiro atoms. The first-order valence-electron chi connectivity index (χ1n) is 5.33. The lowest BCUT2D eigenvalue weighted by Gasteiger charge is -2.11. The van der Waals surface area contributed by atoms with E-state index in [2.05, 4.69) is 43.8 Å². The van der Waals surface area contributed by atoms with Gasteiger partial charge in [-0.05, 0) is 68.9 Å². The molecule has 0 fully saturated rings. The molecule has 0 unspecified atom stereocenters. The molecule has 2 rings (SSSR count). The summed E-state index contributed by atoms with van der Waals surface area (Å²) in [5, 5.41) is 12.1. The number of hydrogen-bond acceptors (Lipinski definition) is 3. The second-order valence-corrected chi connectivity index (χ2v) is 5.84. The van der Waals surface area contributed by atoms with Crippen LogP contribution in [-0.4, -0.2) is 11.1 Å². The summed E-state index contributed by atoms with van der Waals surface area (Å²) in [5.74, 6) is -1.04. The van der Waals surface area contributed by atoms with Gasteiger partial charge >= 0.3 is 5.97 Å². The smallest absolute Gasteiger partial charge is 0.337 e. The van der Waals surface area contributed by atoms with Crippen molar-refractivity contribution in [3.63, 3.8) is 0 Å². The van der Waals surface area contributed by atoms with E-state index >= 15 is 0 Å². The maximum atomic E-state index is 11.0. The summed E-state index contributed by atoms with van der Waals surface area (Å²) in [7, 11) is 0. The second-order valence-electron chi connectivity index (χ2n) is 3.83. The van der Waals surface area contributed by atoms with Crippen molar-refractivity contribution in [2.24, 2.45) is 0 Å². The van der Waals surface area contributed by atoms with Crippen molar-refractivity contribution in [1.29, 1.82) is 0 Å². The van der Waals surface area contributed by atoms with Gasteiger partial charge < -0.3 is 16.2 Å². The lowest BCUT2D eigenvalue weighted by Crippen LogP contribution is -2.05. The minimum Gasteiger partial charge on any atom is -0.478 e. The Hall–Kier alpha value is -1.28. The molecule has 0 saturated heterocycles. The lowest BCUT2D eigenvalue weighted by atomic mass is 10.1. The Kier molecular flexibility index (Phi) is 4.31. The highest BCUT2D eigenvalue weighted by Gasteiger charge is 2.11. The van der Waals surface area contributed by atoms with Crippen LogP contribution in [0.25, 0.3) is 0 Å². The van der Waals surface area contributed by atoms with Crippen molar-refractivity contribution in [3.8, 4) is 0 Å². The van der Waals surface area contributed by atoms with Crippen LogP contribution in [0.1, 0.15) is 10.4 Å². The molecule has 0 amide bonds. The molecule has 4 N–H and O–H groups in total. The molecule has 0 atom stereocenters. The van der Waals surface area contributed by atoms with Crippen molar-refractivity contribution >= 4 is 61.6 Å². The van der Waals surface area contributed by atoms with Crippen molar-refractivity contribution in [2.45, 2.75) is 0 Å². The Morgan fingerprint density at radius 2 is 2.05 bits per heavy atom. The number of benzene rings is 2. The summed E-state index contributed by atoms with van der Waals surface area (Å²) in [6.07, 6.45) is 0. The number of nitrogens with one attached hydrogen (secondary N) is 1. The van der Waals surface area contributed by atoms with E-state index in [9.17, 15) is 4.79 Å². The molecule has 4 nitrogen and oxygen atoms in total. The molecule has 6 heteroatoms. The summed E-state index contributed by atoms with van der Waals surface area (Å²) >= 11 is 5.66. The van der Waals surface area contributed by atoms with E-state index in [1.54, 1.807) is 12.1 Å². The molecule has 0 radical (unpaired) electrons. The molecular formula is C13H10BrIN2O2. The third-order valence-electron chi connectivity index (χ3n) is 2.54. The van der Waals surface area contributed by atoms with Gasteiger partial charge in [0.05, 0.1) is 16.9 Å². The van der Waals surface area contributed by atoms with E-state index in [0.717, 1.165) is 13.7 Å². The number of hydrogen-bond donors (Lipinski definition) is 3. The lowest BCUT2D eigenvalue weighted by molar-refractivity contribution is 0.0698. The number of carboxylic acid groups (broad SMARTS) is 1. The molecule has 98 valence electrons. The van der Waals surface area contributed by atoms with Crippen LogP contribution in [0.4, 0.5) is 17.1 Å². The Morgan fingerprint density at radius 1 is 1.32 bits per heavy atom. The van der Waals surface area contributed by atoms with Crippen LogP contribution in [0.2, 0.25) is 0 Å². The minimum absolute atomic E-state index is 0.0922. The van der Waals surface area contributed by atoms with Gasteiger partial charge in [-0.25, -0.2) is 4.79 Å². The maximum Gasteiger partial charge on any atom is 0.337 e. The average molecular weight is 433 g/mol. The standard InChI is InChI=1S/C13H10BrIN2O2/c14-9-6-7(4-5-10(9)15)17-11-3-1-2-8(12(11)16)13(18)19/h1-6,17H,16H2,(H,18,19).